The highest BCUT2D eigenvalue weighted by Crippen LogP contribution is 2.23. The van der Waals surface area contributed by atoms with Gasteiger partial charge < -0.3 is 10.7 Å². The first-order valence-electron chi connectivity index (χ1n) is 6.90. The summed E-state index contributed by atoms with van der Waals surface area (Å²) in [5, 5.41) is 3.47. The highest BCUT2D eigenvalue weighted by atomic mass is 15.3. The van der Waals surface area contributed by atoms with E-state index in [1.54, 1.807) is 0 Å². The lowest BCUT2D eigenvalue weighted by Crippen LogP contribution is -2.27. The van der Waals surface area contributed by atoms with Gasteiger partial charge in [-0.2, -0.15) is 0 Å². The zero-order valence-corrected chi connectivity index (χ0v) is 12.9. The standard InChI is InChI=1S/C14H27N5/c1-7-10(9(2)3)16-11-8-12(19-15)18-13(17-11)14(4,5)6/h8-10H,7,15H2,1-6H3,(H2,16,17,18,19). The lowest BCUT2D eigenvalue weighted by molar-refractivity contribution is 0.506. The van der Waals surface area contributed by atoms with Crippen LogP contribution in [-0.2, 0) is 5.41 Å². The van der Waals surface area contributed by atoms with Gasteiger partial charge in [0.05, 0.1) is 0 Å². The second-order valence-corrected chi connectivity index (χ2v) is 6.26. The average molecular weight is 265 g/mol. The van der Waals surface area contributed by atoms with Gasteiger partial charge in [0.1, 0.15) is 17.5 Å². The van der Waals surface area contributed by atoms with E-state index in [2.05, 4.69) is 62.3 Å². The quantitative estimate of drug-likeness (QED) is 0.564. The number of nitrogens with two attached hydrogens (primary N) is 1. The van der Waals surface area contributed by atoms with E-state index in [0.29, 0.717) is 17.8 Å². The fourth-order valence-electron chi connectivity index (χ4n) is 1.86. The first-order chi connectivity index (χ1) is 8.77. The largest absolute Gasteiger partial charge is 0.367 e. The minimum Gasteiger partial charge on any atom is -0.367 e. The number of aromatic nitrogens is 2. The summed E-state index contributed by atoms with van der Waals surface area (Å²) in [6.07, 6.45) is 1.05. The topological polar surface area (TPSA) is 75.9 Å². The lowest BCUT2D eigenvalue weighted by Gasteiger charge is -2.23. The first-order valence-corrected chi connectivity index (χ1v) is 6.90. The molecule has 1 rings (SSSR count). The van der Waals surface area contributed by atoms with Crippen LogP contribution >= 0.6 is 0 Å². The van der Waals surface area contributed by atoms with Crippen LogP contribution in [0, 0.1) is 5.92 Å². The molecule has 0 radical (unpaired) electrons. The van der Waals surface area contributed by atoms with Gasteiger partial charge in [-0.05, 0) is 12.3 Å². The third kappa shape index (κ3) is 4.35. The average Bonchev–Trinajstić information content (AvgIpc) is 2.34. The van der Waals surface area contributed by atoms with Crippen molar-refractivity contribution in [2.75, 3.05) is 10.7 Å². The number of nitrogen functional groups attached to an aromatic ring is 1. The normalized spacial score (nSPS) is 13.5. The van der Waals surface area contributed by atoms with Crippen molar-refractivity contribution >= 4 is 11.6 Å². The van der Waals surface area contributed by atoms with Gasteiger partial charge in [-0.25, -0.2) is 15.8 Å². The minimum absolute atomic E-state index is 0.108. The summed E-state index contributed by atoms with van der Waals surface area (Å²) in [6.45, 7) is 12.8. The predicted octanol–water partition coefficient (Wildman–Crippen LogP) is 2.91. The van der Waals surface area contributed by atoms with Gasteiger partial charge in [0.25, 0.3) is 0 Å². The fourth-order valence-corrected chi connectivity index (χ4v) is 1.86. The van der Waals surface area contributed by atoms with E-state index < -0.39 is 0 Å². The molecule has 1 aromatic heterocycles. The molecule has 1 unspecified atom stereocenters. The van der Waals surface area contributed by atoms with E-state index in [1.165, 1.54) is 0 Å². The van der Waals surface area contributed by atoms with E-state index in [9.17, 15) is 0 Å². The Bertz CT molecular complexity index is 409. The summed E-state index contributed by atoms with van der Waals surface area (Å²) >= 11 is 0. The molecule has 0 aromatic carbocycles. The molecular formula is C14H27N5. The number of rotatable bonds is 5. The van der Waals surface area contributed by atoms with Crippen molar-refractivity contribution in [3.63, 3.8) is 0 Å². The zero-order chi connectivity index (χ0) is 14.6. The number of hydrogen-bond donors (Lipinski definition) is 3. The number of anilines is 2. The first kappa shape index (κ1) is 15.7. The van der Waals surface area contributed by atoms with Crippen molar-refractivity contribution in [3.05, 3.63) is 11.9 Å². The monoisotopic (exact) mass is 265 g/mol. The van der Waals surface area contributed by atoms with Crippen molar-refractivity contribution in [2.45, 2.75) is 59.4 Å². The van der Waals surface area contributed by atoms with E-state index in [0.717, 1.165) is 18.1 Å². The molecule has 0 aliphatic heterocycles. The third-order valence-electron chi connectivity index (χ3n) is 3.12. The summed E-state index contributed by atoms with van der Waals surface area (Å²) in [6, 6.07) is 2.24. The Labute approximate surface area is 116 Å². The summed E-state index contributed by atoms with van der Waals surface area (Å²) in [5.74, 6) is 8.28. The molecule has 0 saturated heterocycles. The van der Waals surface area contributed by atoms with E-state index in [1.807, 2.05) is 6.07 Å². The molecule has 4 N–H and O–H groups in total. The van der Waals surface area contributed by atoms with Crippen molar-refractivity contribution < 1.29 is 0 Å². The second-order valence-electron chi connectivity index (χ2n) is 6.26. The van der Waals surface area contributed by atoms with Gasteiger partial charge >= 0.3 is 0 Å². The highest BCUT2D eigenvalue weighted by Gasteiger charge is 2.20. The van der Waals surface area contributed by atoms with Gasteiger partial charge in [-0.1, -0.05) is 41.5 Å². The molecule has 108 valence electrons. The molecule has 0 aliphatic rings. The number of hydrazine groups is 1. The molecule has 19 heavy (non-hydrogen) atoms. The van der Waals surface area contributed by atoms with Crippen LogP contribution in [0.15, 0.2) is 6.07 Å². The maximum atomic E-state index is 5.49. The Balaban J connectivity index is 3.07. The van der Waals surface area contributed by atoms with Crippen molar-refractivity contribution in [2.24, 2.45) is 11.8 Å². The third-order valence-corrected chi connectivity index (χ3v) is 3.12. The SMILES string of the molecule is CCC(Nc1cc(NN)nc(C(C)(C)C)n1)C(C)C. The Kier molecular flexibility index (Phi) is 5.11. The van der Waals surface area contributed by atoms with Gasteiger partial charge in [-0.3, -0.25) is 0 Å². The van der Waals surface area contributed by atoms with Crippen LogP contribution in [0.3, 0.4) is 0 Å². The van der Waals surface area contributed by atoms with E-state index in [-0.39, 0.29) is 5.41 Å². The lowest BCUT2D eigenvalue weighted by atomic mass is 9.95. The second kappa shape index (κ2) is 6.19. The smallest absolute Gasteiger partial charge is 0.145 e. The van der Waals surface area contributed by atoms with Crippen LogP contribution in [0.25, 0.3) is 0 Å². The Morgan fingerprint density at radius 1 is 1.21 bits per heavy atom. The van der Waals surface area contributed by atoms with Crippen LogP contribution in [0.5, 0.6) is 0 Å². The maximum absolute atomic E-state index is 5.49. The van der Waals surface area contributed by atoms with Crippen LogP contribution in [0.2, 0.25) is 0 Å². The number of hydrogen-bond acceptors (Lipinski definition) is 5. The molecule has 1 atom stereocenters. The molecule has 5 heteroatoms. The van der Waals surface area contributed by atoms with Gasteiger partial charge in [0, 0.05) is 17.5 Å². The van der Waals surface area contributed by atoms with E-state index >= 15 is 0 Å². The molecule has 0 aliphatic carbocycles. The van der Waals surface area contributed by atoms with E-state index in [4.69, 9.17) is 5.84 Å². The van der Waals surface area contributed by atoms with Crippen LogP contribution in [0.4, 0.5) is 11.6 Å². The maximum Gasteiger partial charge on any atom is 0.145 e. The summed E-state index contributed by atoms with van der Waals surface area (Å²) in [5.41, 5.74) is 2.50. The molecule has 5 nitrogen and oxygen atoms in total. The molecule has 0 spiro atoms. The summed E-state index contributed by atoms with van der Waals surface area (Å²) in [4.78, 5) is 9.02. The van der Waals surface area contributed by atoms with Crippen LogP contribution in [0.1, 0.15) is 53.8 Å². The molecular weight excluding hydrogens is 238 g/mol. The fraction of sp³-hybridized carbons (Fsp3) is 0.714. The molecule has 1 heterocycles. The highest BCUT2D eigenvalue weighted by molar-refractivity contribution is 5.48. The Morgan fingerprint density at radius 2 is 1.79 bits per heavy atom. The van der Waals surface area contributed by atoms with Gasteiger partial charge in [0.15, 0.2) is 0 Å². The molecule has 1 aromatic rings. The van der Waals surface area contributed by atoms with Crippen molar-refractivity contribution in [3.8, 4) is 0 Å². The summed E-state index contributed by atoms with van der Waals surface area (Å²) in [7, 11) is 0. The predicted molar refractivity (Wildman–Crippen MR) is 81.1 cm³/mol. The minimum atomic E-state index is -0.108. The number of nitrogens with one attached hydrogen (secondary N) is 2. The van der Waals surface area contributed by atoms with Crippen LogP contribution in [-0.4, -0.2) is 16.0 Å². The van der Waals surface area contributed by atoms with Crippen molar-refractivity contribution in [1.29, 1.82) is 0 Å². The molecule has 0 saturated carbocycles. The molecule has 0 amide bonds. The Morgan fingerprint density at radius 3 is 2.21 bits per heavy atom. The molecule has 0 bridgehead atoms. The van der Waals surface area contributed by atoms with Gasteiger partial charge in [0.2, 0.25) is 0 Å². The zero-order valence-electron chi connectivity index (χ0n) is 12.9. The van der Waals surface area contributed by atoms with Crippen molar-refractivity contribution in [1.82, 2.24) is 9.97 Å². The van der Waals surface area contributed by atoms with Crippen LogP contribution < -0.4 is 16.6 Å². The molecule has 0 fully saturated rings. The Hall–Kier alpha value is -1.36. The number of nitrogens with zero attached hydrogens (tertiary/aromatic N) is 2. The van der Waals surface area contributed by atoms with Gasteiger partial charge in [-0.15, -0.1) is 0 Å². The summed E-state index contributed by atoms with van der Waals surface area (Å²) < 4.78 is 0.